The number of fused-ring (bicyclic) bond motifs is 1. The number of rotatable bonds is 2. The number of aliphatic carboxylic acids is 1. The number of hydrogen-bond acceptors (Lipinski definition) is 3. The van der Waals surface area contributed by atoms with Crippen LogP contribution in [0.1, 0.15) is 5.56 Å². The zero-order valence-corrected chi connectivity index (χ0v) is 9.70. The average molecular weight is 246 g/mol. The van der Waals surface area contributed by atoms with E-state index in [0.717, 1.165) is 21.5 Å². The van der Waals surface area contributed by atoms with Gasteiger partial charge in [-0.2, -0.15) is 0 Å². The number of thioether (sulfide) groups is 1. The maximum Gasteiger partial charge on any atom is 0.329 e. The standard InChI is InChI=1S/C12H10N2O2S/c15-12(16)10-6-17-11(14-10)8-2-1-7-3-4-13-9(7)5-8/h1-5,10,13H,6H2,(H,15,16). The molecule has 0 saturated carbocycles. The van der Waals surface area contributed by atoms with Crippen LogP contribution in [0.5, 0.6) is 0 Å². The topological polar surface area (TPSA) is 65.4 Å². The van der Waals surface area contributed by atoms with Gasteiger partial charge in [0.15, 0.2) is 6.04 Å². The molecule has 0 bridgehead atoms. The maximum atomic E-state index is 10.8. The lowest BCUT2D eigenvalue weighted by atomic mass is 10.2. The Morgan fingerprint density at radius 2 is 2.35 bits per heavy atom. The van der Waals surface area contributed by atoms with Crippen molar-refractivity contribution in [3.63, 3.8) is 0 Å². The van der Waals surface area contributed by atoms with Crippen molar-refractivity contribution >= 4 is 33.7 Å². The highest BCUT2D eigenvalue weighted by atomic mass is 32.2. The molecule has 3 rings (SSSR count). The predicted octanol–water partition coefficient (Wildman–Crippen LogP) is 2.11. The van der Waals surface area contributed by atoms with Gasteiger partial charge in [-0.1, -0.05) is 12.1 Å². The molecular weight excluding hydrogens is 236 g/mol. The molecule has 0 aliphatic carbocycles. The Labute approximate surface area is 102 Å². The van der Waals surface area contributed by atoms with Crippen LogP contribution >= 0.6 is 11.8 Å². The molecule has 86 valence electrons. The van der Waals surface area contributed by atoms with Crippen LogP contribution in [0, 0.1) is 0 Å². The normalized spacial score (nSPS) is 19.5. The van der Waals surface area contributed by atoms with E-state index in [2.05, 4.69) is 9.98 Å². The van der Waals surface area contributed by atoms with E-state index in [-0.39, 0.29) is 0 Å². The molecule has 5 heteroatoms. The molecule has 2 aromatic rings. The summed E-state index contributed by atoms with van der Waals surface area (Å²) in [6.45, 7) is 0. The predicted molar refractivity (Wildman–Crippen MR) is 68.7 cm³/mol. The van der Waals surface area contributed by atoms with E-state index in [1.165, 1.54) is 11.8 Å². The first-order chi connectivity index (χ1) is 8.24. The third-order valence-corrected chi connectivity index (χ3v) is 3.83. The quantitative estimate of drug-likeness (QED) is 0.853. The highest BCUT2D eigenvalue weighted by Gasteiger charge is 2.25. The lowest BCUT2D eigenvalue weighted by Crippen LogP contribution is -2.17. The summed E-state index contributed by atoms with van der Waals surface area (Å²) in [5.41, 5.74) is 2.03. The molecule has 1 unspecified atom stereocenters. The summed E-state index contributed by atoms with van der Waals surface area (Å²) >= 11 is 1.50. The van der Waals surface area contributed by atoms with E-state index < -0.39 is 12.0 Å². The third-order valence-electron chi connectivity index (χ3n) is 2.74. The third kappa shape index (κ3) is 1.82. The summed E-state index contributed by atoms with van der Waals surface area (Å²) in [5.74, 6) is -0.332. The van der Waals surface area contributed by atoms with Gasteiger partial charge in [-0.05, 0) is 17.5 Å². The first kappa shape index (κ1) is 10.4. The first-order valence-electron chi connectivity index (χ1n) is 5.25. The van der Waals surface area contributed by atoms with Gasteiger partial charge in [0.2, 0.25) is 0 Å². The molecule has 17 heavy (non-hydrogen) atoms. The molecule has 0 amide bonds. The van der Waals surface area contributed by atoms with E-state index in [4.69, 9.17) is 5.11 Å². The number of H-pyrrole nitrogens is 1. The number of aliphatic imine (C=N–C) groups is 1. The number of benzene rings is 1. The van der Waals surface area contributed by atoms with Gasteiger partial charge in [0.05, 0.1) is 5.04 Å². The fourth-order valence-electron chi connectivity index (χ4n) is 1.84. The fourth-order valence-corrected chi connectivity index (χ4v) is 2.87. The molecule has 1 atom stereocenters. The monoisotopic (exact) mass is 246 g/mol. The Hall–Kier alpha value is -1.75. The molecule has 1 aromatic heterocycles. The van der Waals surface area contributed by atoms with Crippen molar-refractivity contribution < 1.29 is 9.90 Å². The van der Waals surface area contributed by atoms with Gasteiger partial charge in [-0.3, -0.25) is 4.99 Å². The van der Waals surface area contributed by atoms with Crippen LogP contribution in [0.4, 0.5) is 0 Å². The van der Waals surface area contributed by atoms with Gasteiger partial charge in [0.25, 0.3) is 0 Å². The second-order valence-electron chi connectivity index (χ2n) is 3.88. The van der Waals surface area contributed by atoms with Crippen molar-refractivity contribution in [2.24, 2.45) is 4.99 Å². The number of nitrogens with one attached hydrogen (secondary N) is 1. The molecule has 0 fully saturated rings. The summed E-state index contributed by atoms with van der Waals surface area (Å²) in [5, 5.41) is 10.8. The Morgan fingerprint density at radius 1 is 1.47 bits per heavy atom. The van der Waals surface area contributed by atoms with E-state index in [1.807, 2.05) is 30.5 Å². The van der Waals surface area contributed by atoms with Crippen molar-refractivity contribution in [2.75, 3.05) is 5.75 Å². The zero-order valence-electron chi connectivity index (χ0n) is 8.88. The van der Waals surface area contributed by atoms with Crippen LogP contribution in [-0.4, -0.2) is 32.9 Å². The van der Waals surface area contributed by atoms with E-state index in [0.29, 0.717) is 5.75 Å². The smallest absolute Gasteiger partial charge is 0.329 e. The van der Waals surface area contributed by atoms with Gasteiger partial charge in [0.1, 0.15) is 0 Å². The molecule has 2 heterocycles. The summed E-state index contributed by atoms with van der Waals surface area (Å²) in [7, 11) is 0. The molecule has 0 saturated heterocycles. The molecule has 0 radical (unpaired) electrons. The van der Waals surface area contributed by atoms with E-state index >= 15 is 0 Å². The molecule has 2 N–H and O–H groups in total. The lowest BCUT2D eigenvalue weighted by molar-refractivity contribution is -0.137. The number of aromatic amines is 1. The summed E-state index contributed by atoms with van der Waals surface area (Å²) in [4.78, 5) is 18.2. The Kier molecular flexibility index (Phi) is 2.40. The average Bonchev–Trinajstić information content (AvgIpc) is 2.97. The molecule has 1 aliphatic heterocycles. The first-order valence-corrected chi connectivity index (χ1v) is 6.23. The van der Waals surface area contributed by atoms with Gasteiger partial charge in [0, 0.05) is 23.0 Å². The minimum absolute atomic E-state index is 0.521. The van der Waals surface area contributed by atoms with E-state index in [9.17, 15) is 4.79 Å². The summed E-state index contributed by atoms with van der Waals surface area (Å²) in [6.07, 6.45) is 1.89. The highest BCUT2D eigenvalue weighted by molar-refractivity contribution is 8.14. The fraction of sp³-hybridized carbons (Fsp3) is 0.167. The number of carboxylic acid groups (broad SMARTS) is 1. The van der Waals surface area contributed by atoms with Crippen molar-refractivity contribution in [3.8, 4) is 0 Å². The molecule has 1 aromatic carbocycles. The van der Waals surface area contributed by atoms with Crippen molar-refractivity contribution in [2.45, 2.75) is 6.04 Å². The minimum Gasteiger partial charge on any atom is -0.480 e. The Bertz CT molecular complexity index is 618. The zero-order chi connectivity index (χ0) is 11.8. The summed E-state index contributed by atoms with van der Waals surface area (Å²) < 4.78 is 0. The number of hydrogen-bond donors (Lipinski definition) is 2. The van der Waals surface area contributed by atoms with Gasteiger partial charge in [-0.25, -0.2) is 4.79 Å². The molecule has 0 spiro atoms. The van der Waals surface area contributed by atoms with Gasteiger partial charge in [-0.15, -0.1) is 11.8 Å². The van der Waals surface area contributed by atoms with E-state index in [1.54, 1.807) is 0 Å². The number of aromatic nitrogens is 1. The Balaban J connectivity index is 1.99. The molecule has 4 nitrogen and oxygen atoms in total. The lowest BCUT2D eigenvalue weighted by Gasteiger charge is -1.99. The van der Waals surface area contributed by atoms with Crippen molar-refractivity contribution in [3.05, 3.63) is 36.0 Å². The second kappa shape index (κ2) is 3.92. The maximum absolute atomic E-state index is 10.8. The van der Waals surface area contributed by atoms with Crippen LogP contribution in [0.25, 0.3) is 10.9 Å². The summed E-state index contributed by atoms with van der Waals surface area (Å²) in [6, 6.07) is 7.40. The van der Waals surface area contributed by atoms with Crippen molar-refractivity contribution in [1.29, 1.82) is 0 Å². The highest BCUT2D eigenvalue weighted by Crippen LogP contribution is 2.25. The number of carboxylic acids is 1. The van der Waals surface area contributed by atoms with Crippen LogP contribution in [0.2, 0.25) is 0 Å². The Morgan fingerprint density at radius 3 is 3.12 bits per heavy atom. The molecular formula is C12H10N2O2S. The van der Waals surface area contributed by atoms with Crippen LogP contribution in [-0.2, 0) is 4.79 Å². The molecule has 1 aliphatic rings. The van der Waals surface area contributed by atoms with Crippen LogP contribution in [0.3, 0.4) is 0 Å². The van der Waals surface area contributed by atoms with Gasteiger partial charge >= 0.3 is 5.97 Å². The SMILES string of the molecule is O=C(O)C1CSC(c2ccc3cc[nH]c3c2)=N1. The number of nitrogens with zero attached hydrogens (tertiary/aromatic N) is 1. The van der Waals surface area contributed by atoms with Crippen molar-refractivity contribution in [1.82, 2.24) is 4.98 Å². The second-order valence-corrected chi connectivity index (χ2v) is 4.89. The largest absolute Gasteiger partial charge is 0.480 e. The van der Waals surface area contributed by atoms with Crippen LogP contribution in [0.15, 0.2) is 35.5 Å². The number of carbonyl (C=O) groups is 1. The van der Waals surface area contributed by atoms with Crippen LogP contribution < -0.4 is 0 Å². The minimum atomic E-state index is -0.853. The van der Waals surface area contributed by atoms with Gasteiger partial charge < -0.3 is 10.1 Å².